The average molecular weight is 508 g/mol. The van der Waals surface area contributed by atoms with Crippen LogP contribution in [0.25, 0.3) is 11.3 Å². The molecule has 0 spiro atoms. The molecular weight excluding hydrogens is 473 g/mol. The average Bonchev–Trinajstić information content (AvgIpc) is 3.48. The fraction of sp³-hybridized carbons (Fsp3) is 0.345. The number of aliphatic hydroxyl groups is 1. The Morgan fingerprint density at radius 1 is 1.03 bits per heavy atom. The van der Waals surface area contributed by atoms with E-state index in [1.165, 1.54) is 12.1 Å². The van der Waals surface area contributed by atoms with Crippen molar-refractivity contribution < 1.29 is 23.4 Å². The van der Waals surface area contributed by atoms with Gasteiger partial charge in [0.05, 0.1) is 31.1 Å². The zero-order chi connectivity index (χ0) is 26.2. The van der Waals surface area contributed by atoms with E-state index in [0.717, 1.165) is 22.6 Å². The van der Waals surface area contributed by atoms with Gasteiger partial charge in [-0.1, -0.05) is 50.2 Å². The molecule has 2 heterocycles. The molecule has 7 nitrogen and oxygen atoms in total. The Labute approximate surface area is 217 Å². The van der Waals surface area contributed by atoms with E-state index in [0.29, 0.717) is 43.8 Å². The zero-order valence-corrected chi connectivity index (χ0v) is 21.5. The number of hydrogen-bond acceptors (Lipinski definition) is 6. The topological polar surface area (TPSA) is 72.9 Å². The molecule has 1 atom stereocenters. The van der Waals surface area contributed by atoms with Crippen LogP contribution in [-0.4, -0.2) is 45.6 Å². The van der Waals surface area contributed by atoms with Crippen molar-refractivity contribution in [1.82, 2.24) is 14.7 Å². The lowest BCUT2D eigenvalue weighted by atomic mass is 10.1. The molecule has 0 saturated heterocycles. The minimum Gasteiger partial charge on any atom is -0.468 e. The third-order valence-corrected chi connectivity index (χ3v) is 5.72. The SMILES string of the molecule is CC(C)COC[C@H](O)CN(Cc1ccco1)Cc1c(-c2ccccc2)nn(C)c1Oc1cccc(F)c1. The first-order chi connectivity index (χ1) is 17.9. The van der Waals surface area contributed by atoms with Crippen LogP contribution in [0.5, 0.6) is 11.6 Å². The van der Waals surface area contributed by atoms with Crippen molar-refractivity contribution >= 4 is 0 Å². The summed E-state index contributed by atoms with van der Waals surface area (Å²) in [5, 5.41) is 15.5. The van der Waals surface area contributed by atoms with Gasteiger partial charge in [0.25, 0.3) is 0 Å². The molecule has 37 heavy (non-hydrogen) atoms. The number of rotatable bonds is 13. The van der Waals surface area contributed by atoms with Crippen LogP contribution < -0.4 is 4.74 Å². The van der Waals surface area contributed by atoms with E-state index >= 15 is 0 Å². The highest BCUT2D eigenvalue weighted by atomic mass is 19.1. The zero-order valence-electron chi connectivity index (χ0n) is 21.5. The van der Waals surface area contributed by atoms with Gasteiger partial charge in [0, 0.05) is 38.4 Å². The first kappa shape index (κ1) is 26.6. The molecule has 2 aromatic heterocycles. The van der Waals surface area contributed by atoms with Crippen molar-refractivity contribution in [3.05, 3.63) is 90.1 Å². The summed E-state index contributed by atoms with van der Waals surface area (Å²) in [6, 6.07) is 19.6. The van der Waals surface area contributed by atoms with Crippen LogP contribution in [0.15, 0.2) is 77.4 Å². The van der Waals surface area contributed by atoms with Gasteiger partial charge in [0.1, 0.15) is 23.0 Å². The number of benzene rings is 2. The molecular formula is C29H34FN3O4. The maximum absolute atomic E-state index is 13.9. The van der Waals surface area contributed by atoms with Crippen molar-refractivity contribution in [3.8, 4) is 22.9 Å². The summed E-state index contributed by atoms with van der Waals surface area (Å²) in [7, 11) is 1.80. The second kappa shape index (κ2) is 12.7. The Bertz CT molecular complexity index is 1240. The molecule has 1 N–H and O–H groups in total. The molecule has 4 rings (SSSR count). The quantitative estimate of drug-likeness (QED) is 0.252. The molecule has 0 aliphatic heterocycles. The molecule has 0 aliphatic rings. The van der Waals surface area contributed by atoms with Crippen molar-refractivity contribution in [3.63, 3.8) is 0 Å². The van der Waals surface area contributed by atoms with Crippen molar-refractivity contribution in [1.29, 1.82) is 0 Å². The molecule has 0 saturated carbocycles. The summed E-state index contributed by atoms with van der Waals surface area (Å²) in [6.45, 7) is 6.19. The Kier molecular flexibility index (Phi) is 9.11. The number of hydrogen-bond donors (Lipinski definition) is 1. The fourth-order valence-electron chi connectivity index (χ4n) is 4.11. The normalized spacial score (nSPS) is 12.4. The Morgan fingerprint density at radius 3 is 2.54 bits per heavy atom. The Balaban J connectivity index is 1.66. The molecule has 2 aromatic carbocycles. The number of aliphatic hydroxyl groups excluding tert-OH is 1. The third-order valence-electron chi connectivity index (χ3n) is 5.72. The van der Waals surface area contributed by atoms with Gasteiger partial charge < -0.3 is 19.0 Å². The summed E-state index contributed by atoms with van der Waals surface area (Å²) < 4.78 is 33.0. The maximum atomic E-state index is 13.9. The van der Waals surface area contributed by atoms with Gasteiger partial charge in [-0.05, 0) is 30.2 Å². The first-order valence-corrected chi connectivity index (χ1v) is 12.4. The molecule has 0 fully saturated rings. The van der Waals surface area contributed by atoms with Gasteiger partial charge in [0.2, 0.25) is 5.88 Å². The molecule has 0 aliphatic carbocycles. The van der Waals surface area contributed by atoms with Gasteiger partial charge in [-0.3, -0.25) is 4.90 Å². The van der Waals surface area contributed by atoms with E-state index < -0.39 is 6.10 Å². The van der Waals surface area contributed by atoms with E-state index in [1.54, 1.807) is 30.1 Å². The third kappa shape index (κ3) is 7.52. The summed E-state index contributed by atoms with van der Waals surface area (Å²) in [5.41, 5.74) is 2.50. The van der Waals surface area contributed by atoms with Gasteiger partial charge in [-0.2, -0.15) is 5.10 Å². The standard InChI is InChI=1S/C29H34FN3O4/c1-21(2)19-35-20-24(34)16-33(17-26-13-8-14-36-26)18-27-28(22-9-5-4-6-10-22)31-32(3)29(27)37-25-12-7-11-23(30)15-25/h4-15,21,24,34H,16-20H2,1-3H3/t24-/m1/s1. The second-order valence-electron chi connectivity index (χ2n) is 9.52. The lowest BCUT2D eigenvalue weighted by Gasteiger charge is -2.25. The number of nitrogens with zero attached hydrogens (tertiary/aromatic N) is 3. The van der Waals surface area contributed by atoms with E-state index in [1.807, 2.05) is 42.5 Å². The van der Waals surface area contributed by atoms with Crippen LogP contribution in [0.3, 0.4) is 0 Å². The molecule has 0 amide bonds. The maximum Gasteiger partial charge on any atom is 0.222 e. The van der Waals surface area contributed by atoms with Crippen molar-refractivity contribution in [2.24, 2.45) is 13.0 Å². The minimum atomic E-state index is -0.696. The highest BCUT2D eigenvalue weighted by molar-refractivity contribution is 5.65. The predicted octanol–water partition coefficient (Wildman–Crippen LogP) is 5.65. The minimum absolute atomic E-state index is 0.234. The van der Waals surface area contributed by atoms with Crippen LogP contribution >= 0.6 is 0 Å². The highest BCUT2D eigenvalue weighted by Crippen LogP contribution is 2.34. The molecule has 196 valence electrons. The van der Waals surface area contributed by atoms with E-state index in [4.69, 9.17) is 19.0 Å². The van der Waals surface area contributed by atoms with Crippen molar-refractivity contribution in [2.75, 3.05) is 19.8 Å². The highest BCUT2D eigenvalue weighted by Gasteiger charge is 2.24. The Morgan fingerprint density at radius 2 is 1.84 bits per heavy atom. The summed E-state index contributed by atoms with van der Waals surface area (Å²) in [4.78, 5) is 2.07. The van der Waals surface area contributed by atoms with Crippen LogP contribution in [-0.2, 0) is 24.9 Å². The number of ether oxygens (including phenoxy) is 2. The number of furan rings is 1. The van der Waals surface area contributed by atoms with Crippen LogP contribution in [0.4, 0.5) is 4.39 Å². The molecule has 0 bridgehead atoms. The largest absolute Gasteiger partial charge is 0.468 e. The van der Waals surface area contributed by atoms with Gasteiger partial charge in [-0.15, -0.1) is 0 Å². The summed E-state index contributed by atoms with van der Waals surface area (Å²) >= 11 is 0. The summed E-state index contributed by atoms with van der Waals surface area (Å²) in [6.07, 6.45) is 0.936. The summed E-state index contributed by atoms with van der Waals surface area (Å²) in [5.74, 6) is 1.65. The second-order valence-corrected chi connectivity index (χ2v) is 9.52. The smallest absolute Gasteiger partial charge is 0.222 e. The number of halogens is 1. The van der Waals surface area contributed by atoms with Crippen LogP contribution in [0, 0.1) is 11.7 Å². The van der Waals surface area contributed by atoms with Crippen LogP contribution in [0.2, 0.25) is 0 Å². The van der Waals surface area contributed by atoms with Gasteiger partial charge >= 0.3 is 0 Å². The molecule has 0 radical (unpaired) electrons. The lowest BCUT2D eigenvalue weighted by Crippen LogP contribution is -2.34. The van der Waals surface area contributed by atoms with E-state index in [-0.39, 0.29) is 12.4 Å². The van der Waals surface area contributed by atoms with E-state index in [9.17, 15) is 9.50 Å². The predicted molar refractivity (Wildman–Crippen MR) is 140 cm³/mol. The monoisotopic (exact) mass is 507 g/mol. The van der Waals surface area contributed by atoms with E-state index in [2.05, 4.69) is 18.7 Å². The number of aromatic nitrogens is 2. The molecule has 8 heteroatoms. The Hall–Kier alpha value is -3.46. The van der Waals surface area contributed by atoms with Crippen LogP contribution in [0.1, 0.15) is 25.2 Å². The lowest BCUT2D eigenvalue weighted by molar-refractivity contribution is 0.00453. The van der Waals surface area contributed by atoms with Gasteiger partial charge in [-0.25, -0.2) is 9.07 Å². The molecule has 4 aromatic rings. The molecule has 0 unspecified atom stereocenters. The van der Waals surface area contributed by atoms with Gasteiger partial charge in [0.15, 0.2) is 0 Å². The van der Waals surface area contributed by atoms with Crippen molar-refractivity contribution in [2.45, 2.75) is 33.0 Å². The first-order valence-electron chi connectivity index (χ1n) is 12.4. The fourth-order valence-corrected chi connectivity index (χ4v) is 4.11. The number of aryl methyl sites for hydroxylation is 1.